The van der Waals surface area contributed by atoms with E-state index in [1.54, 1.807) is 0 Å². The summed E-state index contributed by atoms with van der Waals surface area (Å²) in [5.74, 6) is 0.0943. The molecule has 1 aliphatic rings. The van der Waals surface area contributed by atoms with E-state index < -0.39 is 28.3 Å². The predicted octanol–water partition coefficient (Wildman–Crippen LogP) is 1.02. The first-order chi connectivity index (χ1) is 9.45. The number of nitrogens with zero attached hydrogens (tertiary/aromatic N) is 2. The van der Waals surface area contributed by atoms with Crippen molar-refractivity contribution in [2.75, 3.05) is 5.75 Å². The zero-order valence-corrected chi connectivity index (χ0v) is 14.3. The number of aromatic nitrogens is 2. The lowest BCUT2D eigenvalue weighted by atomic mass is 9.82. The highest BCUT2D eigenvalue weighted by molar-refractivity contribution is 7.89. The maximum absolute atomic E-state index is 12.1. The largest absolute Gasteiger partial charge is 0.498 e. The summed E-state index contributed by atoms with van der Waals surface area (Å²) in [5.41, 5.74) is -0.311. The SMILES string of the molecule is CC(C)CS(=O)(=O)n1cc(B2OC(C)(C)C(C)(C)O2)cn1. The van der Waals surface area contributed by atoms with Crippen molar-refractivity contribution >= 4 is 22.6 Å². The van der Waals surface area contributed by atoms with Crippen LogP contribution in [-0.4, -0.2) is 41.7 Å². The Kier molecular flexibility index (Phi) is 4.01. The van der Waals surface area contributed by atoms with E-state index in [1.807, 2.05) is 41.5 Å². The molecule has 6 nitrogen and oxygen atoms in total. The molecular weight excluding hydrogens is 291 g/mol. The molecule has 1 aliphatic heterocycles. The van der Waals surface area contributed by atoms with Crippen LogP contribution < -0.4 is 5.46 Å². The molecule has 0 N–H and O–H groups in total. The summed E-state index contributed by atoms with van der Waals surface area (Å²) >= 11 is 0. The summed E-state index contributed by atoms with van der Waals surface area (Å²) in [4.78, 5) is 0. The minimum Gasteiger partial charge on any atom is -0.399 e. The van der Waals surface area contributed by atoms with E-state index in [9.17, 15) is 8.42 Å². The Balaban J connectivity index is 2.23. The molecule has 0 bridgehead atoms. The zero-order chi connectivity index (χ0) is 16.1. The third kappa shape index (κ3) is 3.17. The monoisotopic (exact) mass is 314 g/mol. The fourth-order valence-electron chi connectivity index (χ4n) is 2.07. The molecule has 0 amide bonds. The lowest BCUT2D eigenvalue weighted by Gasteiger charge is -2.32. The van der Waals surface area contributed by atoms with Crippen LogP contribution in [0.25, 0.3) is 0 Å². The van der Waals surface area contributed by atoms with Gasteiger partial charge in [-0.1, -0.05) is 13.8 Å². The van der Waals surface area contributed by atoms with Crippen molar-refractivity contribution < 1.29 is 17.7 Å². The molecular formula is C13H23BN2O4S. The smallest absolute Gasteiger partial charge is 0.399 e. The number of rotatable bonds is 4. The zero-order valence-electron chi connectivity index (χ0n) is 13.5. The van der Waals surface area contributed by atoms with Crippen LogP contribution >= 0.6 is 0 Å². The van der Waals surface area contributed by atoms with E-state index in [0.29, 0.717) is 5.46 Å². The van der Waals surface area contributed by atoms with Gasteiger partial charge in [0, 0.05) is 17.9 Å². The Morgan fingerprint density at radius 2 is 1.76 bits per heavy atom. The minimum atomic E-state index is -3.43. The van der Waals surface area contributed by atoms with E-state index >= 15 is 0 Å². The normalized spacial score (nSPS) is 21.2. The van der Waals surface area contributed by atoms with E-state index in [-0.39, 0.29) is 11.7 Å². The summed E-state index contributed by atoms with van der Waals surface area (Å²) in [6.45, 7) is 11.5. The first-order valence-corrected chi connectivity index (χ1v) is 8.69. The Morgan fingerprint density at radius 1 is 1.24 bits per heavy atom. The number of hydrogen-bond donors (Lipinski definition) is 0. The van der Waals surface area contributed by atoms with Gasteiger partial charge in [0.1, 0.15) is 0 Å². The first-order valence-electron chi connectivity index (χ1n) is 7.08. The van der Waals surface area contributed by atoms with Crippen molar-refractivity contribution in [1.82, 2.24) is 9.19 Å². The van der Waals surface area contributed by atoms with Crippen molar-refractivity contribution in [3.05, 3.63) is 12.4 Å². The van der Waals surface area contributed by atoms with Gasteiger partial charge in [0.25, 0.3) is 10.0 Å². The van der Waals surface area contributed by atoms with Crippen molar-refractivity contribution in [2.45, 2.75) is 52.7 Å². The maximum Gasteiger partial charge on any atom is 0.498 e. The van der Waals surface area contributed by atoms with Gasteiger partial charge in [-0.05, 0) is 33.6 Å². The fraction of sp³-hybridized carbons (Fsp3) is 0.769. The Morgan fingerprint density at radius 3 is 2.24 bits per heavy atom. The predicted molar refractivity (Wildman–Crippen MR) is 82.0 cm³/mol. The molecule has 0 spiro atoms. The van der Waals surface area contributed by atoms with Crippen LogP contribution in [0.1, 0.15) is 41.5 Å². The molecule has 1 aromatic rings. The van der Waals surface area contributed by atoms with Gasteiger partial charge in [-0.25, -0.2) is 8.42 Å². The molecule has 2 heterocycles. The van der Waals surface area contributed by atoms with Crippen LogP contribution in [0.15, 0.2) is 12.4 Å². The summed E-state index contributed by atoms with van der Waals surface area (Å²) in [5, 5.41) is 3.95. The summed E-state index contributed by atoms with van der Waals surface area (Å²) < 4.78 is 37.1. The van der Waals surface area contributed by atoms with Gasteiger partial charge in [-0.3, -0.25) is 0 Å². The Bertz CT molecular complexity index is 606. The molecule has 1 aromatic heterocycles. The summed E-state index contributed by atoms with van der Waals surface area (Å²) in [7, 11) is -4.03. The van der Waals surface area contributed by atoms with Crippen LogP contribution in [0.5, 0.6) is 0 Å². The molecule has 0 aromatic carbocycles. The van der Waals surface area contributed by atoms with Gasteiger partial charge in [-0.15, -0.1) is 0 Å². The van der Waals surface area contributed by atoms with Crippen molar-refractivity contribution in [3.8, 4) is 0 Å². The molecule has 2 rings (SSSR count). The quantitative estimate of drug-likeness (QED) is 0.776. The second-order valence-corrected chi connectivity index (χ2v) is 8.78. The molecule has 0 atom stereocenters. The van der Waals surface area contributed by atoms with Crippen molar-refractivity contribution in [3.63, 3.8) is 0 Å². The average Bonchev–Trinajstić information content (AvgIpc) is 2.81. The lowest BCUT2D eigenvalue weighted by molar-refractivity contribution is 0.00578. The first kappa shape index (κ1) is 16.5. The molecule has 1 fully saturated rings. The highest BCUT2D eigenvalue weighted by Crippen LogP contribution is 2.36. The van der Waals surface area contributed by atoms with Crippen molar-refractivity contribution in [2.24, 2.45) is 5.92 Å². The molecule has 8 heteroatoms. The second kappa shape index (κ2) is 5.10. The number of hydrogen-bond acceptors (Lipinski definition) is 5. The summed E-state index contributed by atoms with van der Waals surface area (Å²) in [6, 6.07) is 0. The van der Waals surface area contributed by atoms with E-state index in [0.717, 1.165) is 4.09 Å². The Hall–Kier alpha value is -0.855. The van der Waals surface area contributed by atoms with Gasteiger partial charge in [0.15, 0.2) is 0 Å². The molecule has 118 valence electrons. The van der Waals surface area contributed by atoms with Gasteiger partial charge in [0.2, 0.25) is 0 Å². The van der Waals surface area contributed by atoms with Crippen LogP contribution in [0, 0.1) is 5.92 Å². The van der Waals surface area contributed by atoms with Crippen LogP contribution in [0.3, 0.4) is 0 Å². The van der Waals surface area contributed by atoms with Gasteiger partial charge >= 0.3 is 7.12 Å². The van der Waals surface area contributed by atoms with Crippen molar-refractivity contribution in [1.29, 1.82) is 0 Å². The third-order valence-corrected chi connectivity index (χ3v) is 5.79. The molecule has 1 saturated heterocycles. The molecule has 0 unspecified atom stereocenters. The molecule has 0 radical (unpaired) electrons. The standard InChI is InChI=1S/C13H23BN2O4S/c1-10(2)9-21(17,18)16-8-11(7-15-16)14-19-12(3,4)13(5,6)20-14/h7-8,10H,9H2,1-6H3. The topological polar surface area (TPSA) is 70.4 Å². The fourth-order valence-corrected chi connectivity index (χ4v) is 3.54. The molecule has 0 saturated carbocycles. The van der Waals surface area contributed by atoms with Crippen LogP contribution in [0.4, 0.5) is 0 Å². The average molecular weight is 314 g/mol. The van der Waals surface area contributed by atoms with Crippen LogP contribution in [-0.2, 0) is 19.3 Å². The summed E-state index contributed by atoms with van der Waals surface area (Å²) in [6.07, 6.45) is 2.96. The van der Waals surface area contributed by atoms with E-state index in [2.05, 4.69) is 5.10 Å². The molecule has 0 aliphatic carbocycles. The third-order valence-electron chi connectivity index (χ3n) is 3.93. The van der Waals surface area contributed by atoms with Gasteiger partial charge in [-0.2, -0.15) is 9.19 Å². The van der Waals surface area contributed by atoms with Crippen LogP contribution in [0.2, 0.25) is 0 Å². The lowest BCUT2D eigenvalue weighted by Crippen LogP contribution is -2.41. The van der Waals surface area contributed by atoms with E-state index in [1.165, 1.54) is 12.4 Å². The Labute approximate surface area is 127 Å². The highest BCUT2D eigenvalue weighted by Gasteiger charge is 2.52. The maximum atomic E-state index is 12.1. The van der Waals surface area contributed by atoms with Gasteiger partial charge < -0.3 is 9.31 Å². The molecule has 21 heavy (non-hydrogen) atoms. The second-order valence-electron chi connectivity index (χ2n) is 6.91. The van der Waals surface area contributed by atoms with E-state index in [4.69, 9.17) is 9.31 Å². The minimum absolute atomic E-state index is 0.0412. The van der Waals surface area contributed by atoms with Gasteiger partial charge in [0.05, 0.1) is 17.0 Å². The highest BCUT2D eigenvalue weighted by atomic mass is 32.2.